The van der Waals surface area contributed by atoms with E-state index < -0.39 is 0 Å². The van der Waals surface area contributed by atoms with Gasteiger partial charge < -0.3 is 14.6 Å². The zero-order valence-corrected chi connectivity index (χ0v) is 15.6. The molecule has 1 aliphatic heterocycles. The highest BCUT2D eigenvalue weighted by molar-refractivity contribution is 7.10. The van der Waals surface area contributed by atoms with Gasteiger partial charge in [-0.15, -0.1) is 11.3 Å². The molecule has 0 spiro atoms. The number of carbonyl (C=O) groups excluding carboxylic acids is 1. The minimum absolute atomic E-state index is 0.0158. The Morgan fingerprint density at radius 1 is 1.42 bits per heavy atom. The Kier molecular flexibility index (Phi) is 4.68. The molecule has 2 aliphatic rings. The predicted octanol–water partition coefficient (Wildman–Crippen LogP) is 3.40. The Hall–Kier alpha value is -2.33. The summed E-state index contributed by atoms with van der Waals surface area (Å²) in [7, 11) is 0. The maximum absolute atomic E-state index is 12.8. The summed E-state index contributed by atoms with van der Waals surface area (Å²) >= 11 is 1.72. The number of hydrogen-bond donors (Lipinski definition) is 1. The minimum atomic E-state index is 0.0158. The van der Waals surface area contributed by atoms with Crippen LogP contribution in [0.15, 0.2) is 21.9 Å². The van der Waals surface area contributed by atoms with Crippen molar-refractivity contribution in [1.82, 2.24) is 10.3 Å². The lowest BCUT2D eigenvalue weighted by Crippen LogP contribution is -2.42. The molecule has 1 atom stereocenters. The van der Waals surface area contributed by atoms with Gasteiger partial charge in [-0.3, -0.25) is 4.79 Å². The van der Waals surface area contributed by atoms with Crippen LogP contribution in [0.25, 0.3) is 0 Å². The quantitative estimate of drug-likeness (QED) is 0.872. The molecule has 2 fully saturated rings. The van der Waals surface area contributed by atoms with E-state index in [2.05, 4.69) is 27.8 Å². The van der Waals surface area contributed by atoms with Gasteiger partial charge in [0, 0.05) is 30.8 Å². The van der Waals surface area contributed by atoms with E-state index in [1.165, 1.54) is 17.7 Å². The monoisotopic (exact) mass is 370 g/mol. The van der Waals surface area contributed by atoms with Crippen LogP contribution >= 0.6 is 11.3 Å². The average Bonchev–Trinajstić information content (AvgIpc) is 3.20. The van der Waals surface area contributed by atoms with Crippen LogP contribution in [-0.4, -0.2) is 24.0 Å². The number of rotatable bonds is 5. The molecule has 26 heavy (non-hydrogen) atoms. The Labute approximate surface area is 156 Å². The summed E-state index contributed by atoms with van der Waals surface area (Å²) in [5.74, 6) is 1.80. The molecule has 1 N–H and O–H groups in total. The Balaban J connectivity index is 1.37. The number of piperidine rings is 1. The van der Waals surface area contributed by atoms with Gasteiger partial charge in [0.25, 0.3) is 0 Å². The zero-order valence-electron chi connectivity index (χ0n) is 14.8. The van der Waals surface area contributed by atoms with E-state index in [9.17, 15) is 10.1 Å². The first kappa shape index (κ1) is 17.1. The second-order valence-electron chi connectivity index (χ2n) is 7.10. The van der Waals surface area contributed by atoms with Crippen molar-refractivity contribution in [3.8, 4) is 6.07 Å². The first-order valence-corrected chi connectivity index (χ1v) is 10.00. The van der Waals surface area contributed by atoms with Crippen LogP contribution in [0.5, 0.6) is 0 Å². The third-order valence-electron chi connectivity index (χ3n) is 5.22. The van der Waals surface area contributed by atoms with Crippen LogP contribution < -0.4 is 10.2 Å². The van der Waals surface area contributed by atoms with Crippen LogP contribution in [0.4, 0.5) is 5.88 Å². The average molecular weight is 370 g/mol. The van der Waals surface area contributed by atoms with E-state index >= 15 is 0 Å². The highest BCUT2D eigenvalue weighted by Gasteiger charge is 2.36. The molecule has 1 saturated carbocycles. The lowest BCUT2D eigenvalue weighted by Gasteiger charge is -2.31. The van der Waals surface area contributed by atoms with Crippen molar-refractivity contribution in [2.45, 2.75) is 38.6 Å². The lowest BCUT2D eigenvalue weighted by molar-refractivity contribution is -0.126. The number of amides is 1. The second kappa shape index (κ2) is 7.12. The number of nitriles is 1. The maximum Gasteiger partial charge on any atom is 0.234 e. The topological polar surface area (TPSA) is 82.2 Å². The minimum Gasteiger partial charge on any atom is -0.424 e. The fraction of sp³-hybridized carbons (Fsp3) is 0.526. The molecule has 6 nitrogen and oxygen atoms in total. The number of hydrogen-bond acceptors (Lipinski definition) is 6. The van der Waals surface area contributed by atoms with Gasteiger partial charge in [-0.2, -0.15) is 5.26 Å². The normalized spacial score (nSPS) is 19.2. The summed E-state index contributed by atoms with van der Waals surface area (Å²) in [6, 6.07) is 6.42. The Morgan fingerprint density at radius 3 is 2.81 bits per heavy atom. The van der Waals surface area contributed by atoms with Crippen molar-refractivity contribution in [3.05, 3.63) is 34.0 Å². The largest absolute Gasteiger partial charge is 0.424 e. The zero-order chi connectivity index (χ0) is 18.1. The number of thiophene rings is 1. The molecule has 1 amide bonds. The number of carbonyl (C=O) groups is 1. The molecule has 7 heteroatoms. The molecule has 0 bridgehead atoms. The molecule has 0 radical (unpaired) electrons. The smallest absolute Gasteiger partial charge is 0.234 e. The van der Waals surface area contributed by atoms with Crippen molar-refractivity contribution in [1.29, 1.82) is 5.26 Å². The van der Waals surface area contributed by atoms with Gasteiger partial charge in [-0.25, -0.2) is 4.98 Å². The van der Waals surface area contributed by atoms with Crippen LogP contribution in [0.2, 0.25) is 0 Å². The molecule has 1 unspecified atom stereocenters. The second-order valence-corrected chi connectivity index (χ2v) is 8.08. The molecule has 4 rings (SSSR count). The third kappa shape index (κ3) is 3.47. The number of aromatic nitrogens is 1. The first-order valence-electron chi connectivity index (χ1n) is 9.12. The molecule has 136 valence electrons. The van der Waals surface area contributed by atoms with Gasteiger partial charge in [-0.1, -0.05) is 6.07 Å². The number of aryl methyl sites for hydroxylation is 1. The number of oxazole rings is 1. The molecular weight excluding hydrogens is 348 g/mol. The van der Waals surface area contributed by atoms with E-state index in [1.807, 2.05) is 11.0 Å². The van der Waals surface area contributed by atoms with E-state index in [0.29, 0.717) is 36.5 Å². The van der Waals surface area contributed by atoms with Gasteiger partial charge >= 0.3 is 0 Å². The van der Waals surface area contributed by atoms with Crippen molar-refractivity contribution in [3.63, 3.8) is 0 Å². The van der Waals surface area contributed by atoms with Crippen LogP contribution in [0.1, 0.15) is 48.2 Å². The van der Waals surface area contributed by atoms with Crippen molar-refractivity contribution in [2.75, 3.05) is 18.0 Å². The standard InChI is InChI=1S/C19H22N4O2S/c1-12-21-15(11-20)19(25-12)23-8-6-14(7-9-23)18(24)22-17(13-4-5-13)16-3-2-10-26-16/h2-3,10,13-14,17H,4-9H2,1H3,(H,22,24). The van der Waals surface area contributed by atoms with E-state index in [-0.39, 0.29) is 17.9 Å². The summed E-state index contributed by atoms with van der Waals surface area (Å²) in [5, 5.41) is 14.6. The van der Waals surface area contributed by atoms with Crippen molar-refractivity contribution < 1.29 is 9.21 Å². The fourth-order valence-electron chi connectivity index (χ4n) is 3.64. The summed E-state index contributed by atoms with van der Waals surface area (Å²) in [5.41, 5.74) is 0.330. The number of anilines is 1. The highest BCUT2D eigenvalue weighted by Crippen LogP contribution is 2.42. The lowest BCUT2D eigenvalue weighted by atomic mass is 9.95. The maximum atomic E-state index is 12.8. The van der Waals surface area contributed by atoms with Gasteiger partial charge in [-0.05, 0) is 43.0 Å². The van der Waals surface area contributed by atoms with Crippen LogP contribution in [0, 0.1) is 30.1 Å². The molecule has 2 aromatic heterocycles. The Bertz CT molecular complexity index is 811. The SMILES string of the molecule is Cc1nc(C#N)c(N2CCC(C(=O)NC(c3cccs3)C3CC3)CC2)o1. The van der Waals surface area contributed by atoms with E-state index in [4.69, 9.17) is 4.42 Å². The summed E-state index contributed by atoms with van der Waals surface area (Å²) in [6.07, 6.45) is 3.92. The van der Waals surface area contributed by atoms with Crippen molar-refractivity contribution >= 4 is 23.1 Å². The van der Waals surface area contributed by atoms with Crippen LogP contribution in [-0.2, 0) is 4.79 Å². The highest BCUT2D eigenvalue weighted by atomic mass is 32.1. The van der Waals surface area contributed by atoms with Gasteiger partial charge in [0.2, 0.25) is 17.5 Å². The van der Waals surface area contributed by atoms with Gasteiger partial charge in [0.05, 0.1) is 6.04 Å². The number of nitrogens with one attached hydrogen (secondary N) is 1. The molecular formula is C19H22N4O2S. The molecule has 1 saturated heterocycles. The molecule has 1 aliphatic carbocycles. The summed E-state index contributed by atoms with van der Waals surface area (Å²) in [6.45, 7) is 3.15. The summed E-state index contributed by atoms with van der Waals surface area (Å²) in [4.78, 5) is 20.2. The van der Waals surface area contributed by atoms with Gasteiger partial charge in [0.1, 0.15) is 6.07 Å². The predicted molar refractivity (Wildman–Crippen MR) is 98.8 cm³/mol. The van der Waals surface area contributed by atoms with Gasteiger partial charge in [0.15, 0.2) is 5.89 Å². The first-order chi connectivity index (χ1) is 12.7. The summed E-state index contributed by atoms with van der Waals surface area (Å²) < 4.78 is 5.59. The van der Waals surface area contributed by atoms with Crippen LogP contribution in [0.3, 0.4) is 0 Å². The molecule has 3 heterocycles. The fourth-order valence-corrected chi connectivity index (χ4v) is 4.51. The molecule has 0 aromatic carbocycles. The third-order valence-corrected chi connectivity index (χ3v) is 6.17. The molecule has 2 aromatic rings. The number of nitrogens with zero attached hydrogens (tertiary/aromatic N) is 3. The van der Waals surface area contributed by atoms with E-state index in [1.54, 1.807) is 18.3 Å². The Morgan fingerprint density at radius 2 is 2.19 bits per heavy atom. The van der Waals surface area contributed by atoms with E-state index in [0.717, 1.165) is 12.8 Å². The van der Waals surface area contributed by atoms with Crippen molar-refractivity contribution in [2.24, 2.45) is 11.8 Å².